The molecule has 1 saturated carbocycles. The molecule has 0 aromatic rings. The first-order chi connectivity index (χ1) is 22.3. The minimum atomic E-state index is -10.2. The maximum Gasteiger partial charge on any atom is 0.473 e. The number of esters is 1. The van der Waals surface area contributed by atoms with Gasteiger partial charge < -0.3 is 4.74 Å². The second kappa shape index (κ2) is 11.3. The molecule has 0 amide bonds. The van der Waals surface area contributed by atoms with Crippen molar-refractivity contribution in [2.24, 2.45) is 0 Å². The molecule has 33 heteroatoms. The molecule has 1 rings (SSSR count). The lowest BCUT2D eigenvalue weighted by molar-refractivity contribution is -0.487. The van der Waals surface area contributed by atoms with Crippen LogP contribution in [0.25, 0.3) is 0 Å². The molecular formula is C20H5F31O2. The highest BCUT2D eigenvalue weighted by atomic mass is 19.4. The van der Waals surface area contributed by atoms with Gasteiger partial charge in [-0.1, -0.05) is 6.58 Å². The molecule has 0 spiro atoms. The van der Waals surface area contributed by atoms with Gasteiger partial charge in [-0.3, -0.25) is 0 Å². The van der Waals surface area contributed by atoms with Crippen LogP contribution in [-0.4, -0.2) is 101 Å². The van der Waals surface area contributed by atoms with Gasteiger partial charge in [0.05, 0.1) is 0 Å². The van der Waals surface area contributed by atoms with E-state index in [0.29, 0.717) is 0 Å². The number of ether oxygens (including phenoxy) is 1. The quantitative estimate of drug-likeness (QED) is 0.105. The molecule has 0 unspecified atom stereocenters. The minimum absolute atomic E-state index is 0.123. The van der Waals surface area contributed by atoms with E-state index in [1.807, 2.05) is 0 Å². The molecule has 0 heterocycles. The molecule has 2 nitrogen and oxygen atoms in total. The zero-order chi connectivity index (χ0) is 43.9. The van der Waals surface area contributed by atoms with Gasteiger partial charge in [-0.25, -0.2) is 9.18 Å². The molecule has 0 radical (unpaired) electrons. The summed E-state index contributed by atoms with van der Waals surface area (Å²) in [7, 11) is 0. The highest BCUT2D eigenvalue weighted by Gasteiger charge is 3.09. The van der Waals surface area contributed by atoms with Crippen LogP contribution in [0, 0.1) is 0 Å². The number of hydrogen-bond acceptors (Lipinski definition) is 2. The predicted molar refractivity (Wildman–Crippen MR) is 99.0 cm³/mol. The molecule has 53 heavy (non-hydrogen) atoms. The zero-order valence-electron chi connectivity index (χ0n) is 23.2. The van der Waals surface area contributed by atoms with E-state index in [2.05, 4.69) is 11.3 Å². The van der Waals surface area contributed by atoms with Crippen LogP contribution >= 0.6 is 0 Å². The molecule has 0 bridgehead atoms. The van der Waals surface area contributed by atoms with Crippen LogP contribution < -0.4 is 0 Å². The molecule has 1 aliphatic carbocycles. The van der Waals surface area contributed by atoms with Crippen LogP contribution in [0.1, 0.15) is 6.92 Å². The summed E-state index contributed by atoms with van der Waals surface area (Å²) in [5.74, 6) is -136. The Hall–Kier alpha value is -2.96. The number of carbonyl (C=O) groups excluding carboxylic acids is 1. The van der Waals surface area contributed by atoms with E-state index in [1.54, 1.807) is 0 Å². The Bertz CT molecular complexity index is 1440. The second-order valence-corrected chi connectivity index (χ2v) is 10.4. The third-order valence-corrected chi connectivity index (χ3v) is 6.96. The molecule has 1 fully saturated rings. The first-order valence-electron chi connectivity index (χ1n) is 11.6. The Morgan fingerprint density at radius 2 is 0.604 bits per heavy atom. The Morgan fingerprint density at radius 1 is 0.396 bits per heavy atom. The maximum atomic E-state index is 14.3. The Labute approximate surface area is 266 Å². The monoisotopic (exact) mass is 866 g/mol. The first-order valence-corrected chi connectivity index (χ1v) is 11.6. The van der Waals surface area contributed by atoms with Crippen LogP contribution in [0.15, 0.2) is 12.2 Å². The van der Waals surface area contributed by atoms with E-state index < -0.39 is 106 Å². The topological polar surface area (TPSA) is 26.3 Å². The summed E-state index contributed by atoms with van der Waals surface area (Å²) >= 11 is 0. The Kier molecular flexibility index (Phi) is 10.3. The molecular weight excluding hydrogens is 861 g/mol. The van der Waals surface area contributed by atoms with Gasteiger partial charge in [-0.15, -0.1) is 0 Å². The van der Waals surface area contributed by atoms with Crippen molar-refractivity contribution in [3.05, 3.63) is 12.2 Å². The molecule has 0 saturated heterocycles. The highest BCUT2D eigenvalue weighted by Crippen LogP contribution is 2.76. The maximum absolute atomic E-state index is 14.3. The lowest BCUT2D eigenvalue weighted by Crippen LogP contribution is -2.80. The number of carbonyl (C=O) groups is 1. The average Bonchev–Trinajstić information content (AvgIpc) is 2.99. The summed E-state index contributed by atoms with van der Waals surface area (Å²) in [4.78, 5) is 10.9. The summed E-state index contributed by atoms with van der Waals surface area (Å²) < 4.78 is 429. The molecule has 0 N–H and O–H groups in total. The van der Waals surface area contributed by atoms with E-state index in [-0.39, 0.29) is 6.92 Å². The van der Waals surface area contributed by atoms with Gasteiger partial charge in [-0.2, -0.15) is 132 Å². The fraction of sp³-hybridized carbons (Fsp3) is 0.850. The Morgan fingerprint density at radius 3 is 0.830 bits per heavy atom. The van der Waals surface area contributed by atoms with Crippen molar-refractivity contribution in [3.8, 4) is 0 Å². The van der Waals surface area contributed by atoms with E-state index in [1.165, 1.54) is 0 Å². The van der Waals surface area contributed by atoms with Crippen molar-refractivity contribution in [1.82, 2.24) is 0 Å². The molecule has 314 valence electrons. The van der Waals surface area contributed by atoms with Gasteiger partial charge in [-0.05, 0) is 6.92 Å². The number of halogens is 31. The first kappa shape index (κ1) is 48.1. The van der Waals surface area contributed by atoms with Crippen LogP contribution in [0.2, 0.25) is 0 Å². The van der Waals surface area contributed by atoms with Crippen molar-refractivity contribution in [3.63, 3.8) is 0 Å². The fourth-order valence-electron chi connectivity index (χ4n) is 3.66. The third kappa shape index (κ3) is 4.82. The van der Waals surface area contributed by atoms with Crippen LogP contribution in [-0.2, 0) is 9.53 Å². The Balaban J connectivity index is 4.10. The van der Waals surface area contributed by atoms with Gasteiger partial charge in [0.1, 0.15) is 0 Å². The van der Waals surface area contributed by atoms with Crippen LogP contribution in [0.4, 0.5) is 136 Å². The summed E-state index contributed by atoms with van der Waals surface area (Å²) in [5, 5.41) is 0. The molecule has 0 aliphatic heterocycles. The lowest BCUT2D eigenvalue weighted by Gasteiger charge is -2.47. The summed E-state index contributed by atoms with van der Waals surface area (Å²) in [6.07, 6.45) is -7.77. The standard InChI is InChI=1S/C20H5F31O2/c1-3(2)4(52)53-20(50,51)19(48,49)18(46,47)17(44,45)16(42,43)15(40,41)14(38,39)13(36,37)12(34,35)11(32,33)8(26,27)5(21)6(22,23)9(28,29)10(30,31)7(5,24)25/h1H2,2H3. The van der Waals surface area contributed by atoms with Crippen molar-refractivity contribution >= 4 is 5.97 Å². The SMILES string of the molecule is C=C(C)C(=O)OC(F)(F)C(F)(F)C(F)(F)C(F)(F)C(F)(F)C(F)(F)C(F)(F)C(F)(F)C(F)(F)C(F)(F)C(F)(F)C1(F)C(F)(F)C(F)(F)C(F)(F)C1(F)F. The second-order valence-electron chi connectivity index (χ2n) is 10.4. The largest absolute Gasteiger partial charge is 0.473 e. The number of hydrogen-bond donors (Lipinski definition) is 0. The fourth-order valence-corrected chi connectivity index (χ4v) is 3.66. The van der Waals surface area contributed by atoms with Crippen LogP contribution in [0.3, 0.4) is 0 Å². The normalized spacial score (nSPS) is 21.7. The summed E-state index contributed by atoms with van der Waals surface area (Å²) in [6.45, 7) is 2.40. The van der Waals surface area contributed by atoms with Gasteiger partial charge in [0.25, 0.3) is 0 Å². The predicted octanol–water partition coefficient (Wildman–Crippen LogP) is 10.3. The van der Waals surface area contributed by atoms with E-state index in [9.17, 15) is 141 Å². The molecule has 0 aromatic heterocycles. The van der Waals surface area contributed by atoms with E-state index in [4.69, 9.17) is 0 Å². The van der Waals surface area contributed by atoms with Crippen molar-refractivity contribution in [2.45, 2.75) is 102 Å². The zero-order valence-corrected chi connectivity index (χ0v) is 23.2. The lowest BCUT2D eigenvalue weighted by atomic mass is 9.79. The molecule has 1 aliphatic rings. The van der Waals surface area contributed by atoms with Gasteiger partial charge >= 0.3 is 101 Å². The summed E-state index contributed by atoms with van der Waals surface area (Å²) in [5.41, 5.74) is -11.1. The van der Waals surface area contributed by atoms with E-state index >= 15 is 0 Å². The smallest absolute Gasteiger partial charge is 0.393 e. The van der Waals surface area contributed by atoms with Crippen LogP contribution in [0.5, 0.6) is 0 Å². The van der Waals surface area contributed by atoms with Crippen molar-refractivity contribution in [2.75, 3.05) is 0 Å². The highest BCUT2D eigenvalue weighted by molar-refractivity contribution is 5.87. The minimum Gasteiger partial charge on any atom is -0.393 e. The van der Waals surface area contributed by atoms with Gasteiger partial charge in [0, 0.05) is 5.57 Å². The van der Waals surface area contributed by atoms with Gasteiger partial charge in [0.2, 0.25) is 0 Å². The average molecular weight is 866 g/mol. The van der Waals surface area contributed by atoms with Gasteiger partial charge in [0.15, 0.2) is 0 Å². The third-order valence-electron chi connectivity index (χ3n) is 6.96. The molecule has 0 atom stereocenters. The summed E-state index contributed by atoms with van der Waals surface area (Å²) in [6, 6.07) is 0. The molecule has 0 aromatic carbocycles. The number of alkyl halides is 31. The van der Waals surface area contributed by atoms with E-state index in [0.717, 1.165) is 0 Å². The van der Waals surface area contributed by atoms with Crippen molar-refractivity contribution < 1.29 is 146 Å². The number of rotatable bonds is 13. The van der Waals surface area contributed by atoms with Crippen molar-refractivity contribution in [1.29, 1.82) is 0 Å².